The summed E-state index contributed by atoms with van der Waals surface area (Å²) in [6.07, 6.45) is 7.96. The number of anilines is 1. The number of aliphatic hydroxyl groups is 1. The smallest absolute Gasteiger partial charge is 0.134 e. The molecule has 0 aliphatic heterocycles. The van der Waals surface area contributed by atoms with E-state index < -0.39 is 0 Å². The van der Waals surface area contributed by atoms with E-state index in [0.29, 0.717) is 24.3 Å². The summed E-state index contributed by atoms with van der Waals surface area (Å²) in [5.41, 5.74) is 9.49. The van der Waals surface area contributed by atoms with Crippen molar-refractivity contribution in [2.45, 2.75) is 38.6 Å². The molecule has 3 N–H and O–H groups in total. The third-order valence-electron chi connectivity index (χ3n) is 4.36. The van der Waals surface area contributed by atoms with Gasteiger partial charge in [-0.15, -0.1) is 0 Å². The first-order valence-corrected chi connectivity index (χ1v) is 7.56. The van der Waals surface area contributed by atoms with E-state index in [-0.39, 0.29) is 0 Å². The Hall–Kier alpha value is -1.88. The molecule has 2 heterocycles. The normalized spacial score (nSPS) is 22.4. The number of nitrogen functional groups attached to an aromatic ring is 1. The molecule has 0 aromatic carbocycles. The number of pyridine rings is 1. The fourth-order valence-corrected chi connectivity index (χ4v) is 2.99. The number of aliphatic hydroxyl groups excluding tert-OH is 1. The van der Waals surface area contributed by atoms with Crippen LogP contribution in [0.25, 0.3) is 11.4 Å². The van der Waals surface area contributed by atoms with Crippen LogP contribution in [0.15, 0.2) is 24.5 Å². The molecule has 2 aromatic heterocycles. The summed E-state index contributed by atoms with van der Waals surface area (Å²) in [5.74, 6) is 0.451. The maximum Gasteiger partial charge on any atom is 0.134 e. The molecule has 0 saturated heterocycles. The maximum atomic E-state index is 9.22. The van der Waals surface area contributed by atoms with Crippen molar-refractivity contribution in [3.8, 4) is 11.4 Å². The fraction of sp³-hybridized carbons (Fsp3) is 0.500. The lowest BCUT2D eigenvalue weighted by atomic mass is 9.87. The van der Waals surface area contributed by atoms with E-state index in [1.807, 2.05) is 36.1 Å². The van der Waals surface area contributed by atoms with Crippen LogP contribution in [0.1, 0.15) is 37.3 Å². The van der Waals surface area contributed by atoms with Crippen LogP contribution in [-0.2, 0) is 0 Å². The molecule has 0 unspecified atom stereocenters. The fourth-order valence-electron chi connectivity index (χ4n) is 2.99. The van der Waals surface area contributed by atoms with Gasteiger partial charge in [-0.25, -0.2) is 0 Å². The van der Waals surface area contributed by atoms with Crippen LogP contribution in [0.3, 0.4) is 0 Å². The molecular formula is C16H22N4O. The molecule has 2 aromatic rings. The van der Waals surface area contributed by atoms with Crippen molar-refractivity contribution in [2.75, 3.05) is 12.3 Å². The van der Waals surface area contributed by atoms with Crippen LogP contribution in [0, 0.1) is 12.8 Å². The molecule has 1 aliphatic rings. The Labute approximate surface area is 124 Å². The minimum absolute atomic E-state index is 0.298. The first-order chi connectivity index (χ1) is 10.2. The Balaban J connectivity index is 1.80. The molecule has 0 amide bonds. The molecule has 1 saturated carbocycles. The van der Waals surface area contributed by atoms with Gasteiger partial charge in [0, 0.05) is 19.0 Å². The Kier molecular flexibility index (Phi) is 3.92. The van der Waals surface area contributed by atoms with Crippen molar-refractivity contribution in [3.05, 3.63) is 30.1 Å². The summed E-state index contributed by atoms with van der Waals surface area (Å²) in [7, 11) is 0. The van der Waals surface area contributed by atoms with Crippen molar-refractivity contribution in [1.82, 2.24) is 14.8 Å². The highest BCUT2D eigenvalue weighted by Gasteiger charge is 2.23. The third-order valence-corrected chi connectivity index (χ3v) is 4.36. The van der Waals surface area contributed by atoms with E-state index in [0.717, 1.165) is 42.6 Å². The second kappa shape index (κ2) is 5.85. The number of nitrogens with two attached hydrogens (primary N) is 1. The molecule has 0 bridgehead atoms. The average molecular weight is 286 g/mol. The van der Waals surface area contributed by atoms with Crippen LogP contribution in [0.2, 0.25) is 0 Å². The number of aromatic nitrogens is 3. The monoisotopic (exact) mass is 286 g/mol. The highest BCUT2D eigenvalue weighted by molar-refractivity contribution is 5.68. The third kappa shape index (κ3) is 2.93. The van der Waals surface area contributed by atoms with Crippen LogP contribution >= 0.6 is 0 Å². The standard InChI is InChI=1S/C16H22N4O/c1-11-2-7-15(18-8-11)16-14(17)9-20(19-16)13-5-3-12(10-21)4-6-13/h2,7-9,12-13,21H,3-6,10,17H2,1H3. The largest absolute Gasteiger partial charge is 0.396 e. The Morgan fingerprint density at radius 3 is 2.67 bits per heavy atom. The van der Waals surface area contributed by atoms with E-state index in [1.54, 1.807) is 0 Å². The average Bonchev–Trinajstić information content (AvgIpc) is 2.90. The first-order valence-electron chi connectivity index (χ1n) is 7.56. The topological polar surface area (TPSA) is 77.0 Å². The minimum atomic E-state index is 0.298. The summed E-state index contributed by atoms with van der Waals surface area (Å²) in [4.78, 5) is 4.40. The van der Waals surface area contributed by atoms with Crippen LogP contribution < -0.4 is 5.73 Å². The second-order valence-corrected chi connectivity index (χ2v) is 5.99. The van der Waals surface area contributed by atoms with Crippen molar-refractivity contribution in [1.29, 1.82) is 0 Å². The van der Waals surface area contributed by atoms with E-state index in [1.165, 1.54) is 0 Å². The SMILES string of the molecule is Cc1ccc(-c2nn(C3CCC(CO)CC3)cc2N)nc1. The van der Waals surface area contributed by atoms with Crippen LogP contribution in [-0.4, -0.2) is 26.5 Å². The second-order valence-electron chi connectivity index (χ2n) is 5.99. The summed E-state index contributed by atoms with van der Waals surface area (Å²) < 4.78 is 1.99. The number of nitrogens with zero attached hydrogens (tertiary/aromatic N) is 3. The van der Waals surface area contributed by atoms with Gasteiger partial charge in [0.1, 0.15) is 5.69 Å². The zero-order valence-corrected chi connectivity index (χ0v) is 12.4. The lowest BCUT2D eigenvalue weighted by Gasteiger charge is -2.27. The molecular weight excluding hydrogens is 264 g/mol. The number of hydrogen-bond acceptors (Lipinski definition) is 4. The van der Waals surface area contributed by atoms with Gasteiger partial charge in [0.05, 0.1) is 17.4 Å². The Morgan fingerprint density at radius 1 is 1.29 bits per heavy atom. The molecule has 5 heteroatoms. The number of rotatable bonds is 3. The lowest BCUT2D eigenvalue weighted by Crippen LogP contribution is -2.20. The molecule has 21 heavy (non-hydrogen) atoms. The van der Waals surface area contributed by atoms with Gasteiger partial charge in [-0.1, -0.05) is 6.07 Å². The van der Waals surface area contributed by atoms with Crippen molar-refractivity contribution < 1.29 is 5.11 Å². The minimum Gasteiger partial charge on any atom is -0.396 e. The quantitative estimate of drug-likeness (QED) is 0.909. The maximum absolute atomic E-state index is 9.22. The van der Waals surface area contributed by atoms with E-state index in [2.05, 4.69) is 10.1 Å². The van der Waals surface area contributed by atoms with Crippen molar-refractivity contribution >= 4 is 5.69 Å². The molecule has 0 atom stereocenters. The highest BCUT2D eigenvalue weighted by Crippen LogP contribution is 2.33. The van der Waals surface area contributed by atoms with Gasteiger partial charge in [-0.3, -0.25) is 9.67 Å². The molecule has 5 nitrogen and oxygen atoms in total. The van der Waals surface area contributed by atoms with Gasteiger partial charge in [-0.2, -0.15) is 5.10 Å². The van der Waals surface area contributed by atoms with E-state index in [4.69, 9.17) is 5.73 Å². The zero-order valence-electron chi connectivity index (χ0n) is 12.4. The van der Waals surface area contributed by atoms with Gasteiger partial charge in [-0.05, 0) is 50.2 Å². The van der Waals surface area contributed by atoms with Crippen LogP contribution in [0.4, 0.5) is 5.69 Å². The molecule has 1 aliphatic carbocycles. The number of aryl methyl sites for hydroxylation is 1. The molecule has 112 valence electrons. The molecule has 3 rings (SSSR count). The summed E-state index contributed by atoms with van der Waals surface area (Å²) in [5, 5.41) is 13.9. The predicted molar refractivity (Wildman–Crippen MR) is 82.7 cm³/mol. The van der Waals surface area contributed by atoms with Crippen LogP contribution in [0.5, 0.6) is 0 Å². The number of hydrogen-bond donors (Lipinski definition) is 2. The summed E-state index contributed by atoms with van der Waals surface area (Å²) in [6, 6.07) is 4.36. The van der Waals surface area contributed by atoms with Gasteiger partial charge in [0.25, 0.3) is 0 Å². The summed E-state index contributed by atoms with van der Waals surface area (Å²) in [6.45, 7) is 2.31. The molecule has 0 spiro atoms. The Bertz CT molecular complexity index is 597. The van der Waals surface area contributed by atoms with Crippen molar-refractivity contribution in [3.63, 3.8) is 0 Å². The highest BCUT2D eigenvalue weighted by atomic mass is 16.3. The van der Waals surface area contributed by atoms with Gasteiger partial charge < -0.3 is 10.8 Å². The van der Waals surface area contributed by atoms with Gasteiger partial charge in [0.2, 0.25) is 0 Å². The zero-order chi connectivity index (χ0) is 14.8. The van der Waals surface area contributed by atoms with Gasteiger partial charge in [0.15, 0.2) is 0 Å². The van der Waals surface area contributed by atoms with E-state index in [9.17, 15) is 5.11 Å². The first kappa shape index (κ1) is 14.1. The Morgan fingerprint density at radius 2 is 2.05 bits per heavy atom. The molecule has 1 fully saturated rings. The van der Waals surface area contributed by atoms with Gasteiger partial charge >= 0.3 is 0 Å². The summed E-state index contributed by atoms with van der Waals surface area (Å²) >= 11 is 0. The predicted octanol–water partition coefficient (Wildman–Crippen LogP) is 2.56. The lowest BCUT2D eigenvalue weighted by molar-refractivity contribution is 0.165. The molecule has 0 radical (unpaired) electrons. The van der Waals surface area contributed by atoms with Crippen molar-refractivity contribution in [2.24, 2.45) is 5.92 Å². The van der Waals surface area contributed by atoms with E-state index >= 15 is 0 Å².